The summed E-state index contributed by atoms with van der Waals surface area (Å²) in [6.45, 7) is 0.0663. The van der Waals surface area contributed by atoms with Gasteiger partial charge in [-0.1, -0.05) is 0 Å². The standard InChI is InChI=1S/C8H13N5O4S/c1-10-18(16,17)3-2-11-8-5-6(13(14)15)4-7(9)12-8/h4-5,10H,2-3H2,1H3,(H3,9,11,12). The summed E-state index contributed by atoms with van der Waals surface area (Å²) in [5, 5.41) is 13.2. The maximum Gasteiger partial charge on any atom is 0.276 e. The summed E-state index contributed by atoms with van der Waals surface area (Å²) in [5.41, 5.74) is 5.19. The van der Waals surface area contributed by atoms with Crippen LogP contribution in [0.4, 0.5) is 17.3 Å². The Morgan fingerprint density at radius 1 is 1.50 bits per heavy atom. The third-order valence-electron chi connectivity index (χ3n) is 2.03. The van der Waals surface area contributed by atoms with E-state index in [-0.39, 0.29) is 29.6 Å². The quantitative estimate of drug-likeness (QED) is 0.471. The molecule has 10 heteroatoms. The topological polar surface area (TPSA) is 140 Å². The first-order valence-corrected chi connectivity index (χ1v) is 6.56. The van der Waals surface area contributed by atoms with Crippen LogP contribution in [0.3, 0.4) is 0 Å². The molecule has 0 radical (unpaired) electrons. The second kappa shape index (κ2) is 5.60. The molecular formula is C8H13N5O4S. The predicted octanol–water partition coefficient (Wildman–Crippen LogP) is -0.467. The highest BCUT2D eigenvalue weighted by molar-refractivity contribution is 7.89. The molecule has 18 heavy (non-hydrogen) atoms. The Balaban J connectivity index is 2.71. The molecule has 0 fully saturated rings. The number of rotatable bonds is 6. The summed E-state index contributed by atoms with van der Waals surface area (Å²) in [6.07, 6.45) is 0. The van der Waals surface area contributed by atoms with Gasteiger partial charge >= 0.3 is 0 Å². The van der Waals surface area contributed by atoms with E-state index in [1.165, 1.54) is 13.1 Å². The molecule has 9 nitrogen and oxygen atoms in total. The third kappa shape index (κ3) is 4.14. The fourth-order valence-electron chi connectivity index (χ4n) is 1.15. The molecule has 0 amide bonds. The zero-order valence-corrected chi connectivity index (χ0v) is 10.4. The van der Waals surface area contributed by atoms with Crippen LogP contribution in [0.1, 0.15) is 0 Å². The fraction of sp³-hybridized carbons (Fsp3) is 0.375. The molecule has 0 aromatic carbocycles. The summed E-state index contributed by atoms with van der Waals surface area (Å²) in [4.78, 5) is 13.8. The number of anilines is 2. The molecule has 1 heterocycles. The predicted molar refractivity (Wildman–Crippen MR) is 66.6 cm³/mol. The first-order chi connectivity index (χ1) is 8.34. The van der Waals surface area contributed by atoms with Gasteiger partial charge in [0.15, 0.2) is 0 Å². The van der Waals surface area contributed by atoms with Crippen LogP contribution >= 0.6 is 0 Å². The van der Waals surface area contributed by atoms with E-state index in [1.807, 2.05) is 0 Å². The number of pyridine rings is 1. The van der Waals surface area contributed by atoms with Crippen LogP contribution in [0, 0.1) is 10.1 Å². The lowest BCUT2D eigenvalue weighted by Gasteiger charge is -2.06. The normalized spacial score (nSPS) is 11.2. The molecule has 100 valence electrons. The van der Waals surface area contributed by atoms with Gasteiger partial charge < -0.3 is 11.1 Å². The molecule has 0 aliphatic rings. The minimum absolute atomic E-state index is 0.0110. The van der Waals surface area contributed by atoms with Gasteiger partial charge in [0.25, 0.3) is 5.69 Å². The van der Waals surface area contributed by atoms with Crippen LogP contribution in [0.25, 0.3) is 0 Å². The number of nitrogens with one attached hydrogen (secondary N) is 2. The number of hydrogen-bond acceptors (Lipinski definition) is 7. The van der Waals surface area contributed by atoms with E-state index in [2.05, 4.69) is 15.0 Å². The lowest BCUT2D eigenvalue weighted by Crippen LogP contribution is -2.26. The van der Waals surface area contributed by atoms with Crippen molar-refractivity contribution in [2.24, 2.45) is 0 Å². The van der Waals surface area contributed by atoms with Crippen LogP contribution < -0.4 is 15.8 Å². The van der Waals surface area contributed by atoms with Gasteiger partial charge in [-0.2, -0.15) is 0 Å². The van der Waals surface area contributed by atoms with E-state index in [1.54, 1.807) is 0 Å². The Kier molecular flexibility index (Phi) is 4.39. The smallest absolute Gasteiger partial charge is 0.276 e. The second-order valence-corrected chi connectivity index (χ2v) is 5.39. The van der Waals surface area contributed by atoms with Crippen molar-refractivity contribution in [2.75, 3.05) is 30.4 Å². The van der Waals surface area contributed by atoms with Crippen molar-refractivity contribution < 1.29 is 13.3 Å². The molecule has 0 aliphatic heterocycles. The second-order valence-electron chi connectivity index (χ2n) is 3.34. The molecule has 4 N–H and O–H groups in total. The summed E-state index contributed by atoms with van der Waals surface area (Å²) in [6, 6.07) is 2.30. The van der Waals surface area contributed by atoms with E-state index in [4.69, 9.17) is 5.73 Å². The number of aromatic nitrogens is 1. The van der Waals surface area contributed by atoms with Gasteiger partial charge in [0.2, 0.25) is 10.0 Å². The van der Waals surface area contributed by atoms with Crippen molar-refractivity contribution in [3.05, 3.63) is 22.2 Å². The number of nitrogens with zero attached hydrogens (tertiary/aromatic N) is 2. The van der Waals surface area contributed by atoms with Gasteiger partial charge in [-0.25, -0.2) is 18.1 Å². The monoisotopic (exact) mass is 275 g/mol. The van der Waals surface area contributed by atoms with E-state index < -0.39 is 14.9 Å². The molecule has 0 saturated carbocycles. The summed E-state index contributed by atoms with van der Waals surface area (Å²) in [7, 11) is -2.03. The summed E-state index contributed by atoms with van der Waals surface area (Å²) < 4.78 is 24.4. The number of sulfonamides is 1. The number of nitrogens with two attached hydrogens (primary N) is 1. The van der Waals surface area contributed by atoms with Crippen LogP contribution in [-0.2, 0) is 10.0 Å². The van der Waals surface area contributed by atoms with E-state index in [0.29, 0.717) is 0 Å². The zero-order chi connectivity index (χ0) is 13.8. The Morgan fingerprint density at radius 3 is 2.72 bits per heavy atom. The molecule has 0 unspecified atom stereocenters. The molecule has 0 bridgehead atoms. The molecule has 0 saturated heterocycles. The average Bonchev–Trinajstić information content (AvgIpc) is 2.28. The number of nitro groups is 1. The van der Waals surface area contributed by atoms with Gasteiger partial charge in [-0.15, -0.1) is 0 Å². The molecule has 0 aliphatic carbocycles. The van der Waals surface area contributed by atoms with Crippen molar-refractivity contribution in [1.82, 2.24) is 9.71 Å². The first kappa shape index (κ1) is 14.1. The minimum Gasteiger partial charge on any atom is -0.383 e. The molecule has 1 rings (SSSR count). The molecule has 0 spiro atoms. The number of hydrogen-bond donors (Lipinski definition) is 3. The Labute approximate surface area is 104 Å². The minimum atomic E-state index is -3.33. The van der Waals surface area contributed by atoms with Crippen molar-refractivity contribution >= 4 is 27.3 Å². The molecular weight excluding hydrogens is 262 g/mol. The highest BCUT2D eigenvalue weighted by Crippen LogP contribution is 2.18. The van der Waals surface area contributed by atoms with Crippen LogP contribution in [0.15, 0.2) is 12.1 Å². The highest BCUT2D eigenvalue weighted by Gasteiger charge is 2.11. The van der Waals surface area contributed by atoms with Gasteiger partial charge in [0, 0.05) is 6.54 Å². The van der Waals surface area contributed by atoms with E-state index >= 15 is 0 Å². The summed E-state index contributed by atoms with van der Waals surface area (Å²) >= 11 is 0. The van der Waals surface area contributed by atoms with Crippen LogP contribution in [-0.4, -0.2) is 37.7 Å². The number of nitrogen functional groups attached to an aromatic ring is 1. The van der Waals surface area contributed by atoms with Gasteiger partial charge in [0.05, 0.1) is 22.8 Å². The van der Waals surface area contributed by atoms with Gasteiger partial charge in [-0.3, -0.25) is 10.1 Å². The summed E-state index contributed by atoms with van der Waals surface area (Å²) in [5.74, 6) is -0.0236. The molecule has 0 atom stereocenters. The van der Waals surface area contributed by atoms with E-state index in [0.717, 1.165) is 6.07 Å². The third-order valence-corrected chi connectivity index (χ3v) is 3.39. The Morgan fingerprint density at radius 2 is 2.17 bits per heavy atom. The SMILES string of the molecule is CNS(=O)(=O)CCNc1cc([N+](=O)[O-])cc(N)n1. The largest absolute Gasteiger partial charge is 0.383 e. The van der Waals surface area contributed by atoms with Crippen molar-refractivity contribution in [1.29, 1.82) is 0 Å². The average molecular weight is 275 g/mol. The molecule has 1 aromatic rings. The van der Waals surface area contributed by atoms with Crippen molar-refractivity contribution in [3.63, 3.8) is 0 Å². The van der Waals surface area contributed by atoms with Crippen LogP contribution in [0.2, 0.25) is 0 Å². The van der Waals surface area contributed by atoms with Gasteiger partial charge in [-0.05, 0) is 7.05 Å². The van der Waals surface area contributed by atoms with Crippen LogP contribution in [0.5, 0.6) is 0 Å². The Bertz CT molecular complexity index is 544. The van der Waals surface area contributed by atoms with E-state index in [9.17, 15) is 18.5 Å². The maximum atomic E-state index is 11.1. The van der Waals surface area contributed by atoms with Crippen molar-refractivity contribution in [2.45, 2.75) is 0 Å². The lowest BCUT2D eigenvalue weighted by molar-refractivity contribution is -0.384. The maximum absolute atomic E-state index is 11.1. The lowest BCUT2D eigenvalue weighted by atomic mass is 10.4. The first-order valence-electron chi connectivity index (χ1n) is 4.91. The Hall–Kier alpha value is -1.94. The van der Waals surface area contributed by atoms with Gasteiger partial charge in [0.1, 0.15) is 11.6 Å². The molecule has 1 aromatic heterocycles. The fourth-order valence-corrected chi connectivity index (χ4v) is 1.72. The highest BCUT2D eigenvalue weighted by atomic mass is 32.2. The zero-order valence-electron chi connectivity index (χ0n) is 9.58. The van der Waals surface area contributed by atoms with Crippen molar-refractivity contribution in [3.8, 4) is 0 Å².